The van der Waals surface area contributed by atoms with E-state index in [9.17, 15) is 9.59 Å². The lowest BCUT2D eigenvalue weighted by molar-refractivity contribution is 0.0478. The van der Waals surface area contributed by atoms with E-state index >= 15 is 0 Å². The quantitative estimate of drug-likeness (QED) is 0.705. The van der Waals surface area contributed by atoms with Crippen molar-refractivity contribution in [2.45, 2.75) is 20.5 Å². The highest BCUT2D eigenvalue weighted by atomic mass is 32.1. The summed E-state index contributed by atoms with van der Waals surface area (Å²) in [6.07, 6.45) is 0. The molecule has 1 aromatic carbocycles. The van der Waals surface area contributed by atoms with Gasteiger partial charge in [-0.3, -0.25) is 0 Å². The Labute approximate surface area is 154 Å². The molecule has 0 atom stereocenters. The van der Waals surface area contributed by atoms with Crippen molar-refractivity contribution in [2.75, 3.05) is 12.8 Å². The van der Waals surface area contributed by atoms with Crippen LogP contribution in [-0.2, 0) is 16.1 Å². The Morgan fingerprint density at radius 1 is 1.15 bits per heavy atom. The van der Waals surface area contributed by atoms with Gasteiger partial charge in [-0.1, -0.05) is 12.1 Å². The Kier molecular flexibility index (Phi) is 4.90. The fourth-order valence-corrected chi connectivity index (χ4v) is 3.80. The highest BCUT2D eigenvalue weighted by Crippen LogP contribution is 2.35. The smallest absolute Gasteiger partial charge is 0.350 e. The molecular weight excluding hydrogens is 352 g/mol. The SMILES string of the molecule is COC(=O)c1ccc(COC(=O)c2sc3nc(C)cc(C)c3c2N)cc1. The van der Waals surface area contributed by atoms with Gasteiger partial charge in [-0.25, -0.2) is 14.6 Å². The number of nitrogens with zero attached hydrogens (tertiary/aromatic N) is 1. The highest BCUT2D eigenvalue weighted by Gasteiger charge is 2.20. The largest absolute Gasteiger partial charge is 0.465 e. The molecule has 0 aliphatic heterocycles. The van der Waals surface area contributed by atoms with E-state index in [2.05, 4.69) is 9.72 Å². The molecule has 3 rings (SSSR count). The van der Waals surface area contributed by atoms with Crippen LogP contribution in [0.5, 0.6) is 0 Å². The summed E-state index contributed by atoms with van der Waals surface area (Å²) in [5.41, 5.74) is 9.61. The van der Waals surface area contributed by atoms with Crippen molar-refractivity contribution in [3.63, 3.8) is 0 Å². The van der Waals surface area contributed by atoms with Gasteiger partial charge in [0.1, 0.15) is 16.3 Å². The van der Waals surface area contributed by atoms with Crippen molar-refractivity contribution in [3.8, 4) is 0 Å². The molecule has 2 heterocycles. The molecule has 0 aliphatic carbocycles. The summed E-state index contributed by atoms with van der Waals surface area (Å²) in [6, 6.07) is 8.60. The van der Waals surface area contributed by atoms with Gasteiger partial charge < -0.3 is 15.2 Å². The van der Waals surface area contributed by atoms with E-state index in [-0.39, 0.29) is 6.61 Å². The lowest BCUT2D eigenvalue weighted by Crippen LogP contribution is -2.06. The van der Waals surface area contributed by atoms with Crippen LogP contribution in [0.1, 0.15) is 36.9 Å². The standard InChI is InChI=1S/C19H18N2O4S/c1-10-8-11(2)21-17-14(10)15(20)16(26-17)19(23)25-9-12-4-6-13(7-5-12)18(22)24-3/h4-8H,9,20H2,1-3H3. The molecule has 134 valence electrons. The van der Waals surface area contributed by atoms with E-state index in [1.54, 1.807) is 24.3 Å². The number of carbonyl (C=O) groups excluding carboxylic acids is 2. The average molecular weight is 370 g/mol. The van der Waals surface area contributed by atoms with Crippen LogP contribution in [0.4, 0.5) is 5.69 Å². The van der Waals surface area contributed by atoms with Gasteiger partial charge in [0.25, 0.3) is 0 Å². The van der Waals surface area contributed by atoms with E-state index in [4.69, 9.17) is 10.5 Å². The van der Waals surface area contributed by atoms with Crippen molar-refractivity contribution in [1.82, 2.24) is 4.98 Å². The molecule has 26 heavy (non-hydrogen) atoms. The first-order chi connectivity index (χ1) is 12.4. The van der Waals surface area contributed by atoms with Crippen LogP contribution in [0, 0.1) is 13.8 Å². The lowest BCUT2D eigenvalue weighted by Gasteiger charge is -2.05. The van der Waals surface area contributed by atoms with Crippen LogP contribution in [0.15, 0.2) is 30.3 Å². The molecule has 0 bridgehead atoms. The summed E-state index contributed by atoms with van der Waals surface area (Å²) in [6.45, 7) is 3.93. The molecule has 0 aliphatic rings. The maximum absolute atomic E-state index is 12.4. The maximum atomic E-state index is 12.4. The van der Waals surface area contributed by atoms with Crippen LogP contribution < -0.4 is 5.73 Å². The maximum Gasteiger partial charge on any atom is 0.350 e. The first kappa shape index (κ1) is 17.9. The fraction of sp³-hybridized carbons (Fsp3) is 0.211. The number of aromatic nitrogens is 1. The van der Waals surface area contributed by atoms with Crippen LogP contribution in [-0.4, -0.2) is 24.0 Å². The highest BCUT2D eigenvalue weighted by molar-refractivity contribution is 7.21. The van der Waals surface area contributed by atoms with Gasteiger partial charge in [-0.05, 0) is 43.2 Å². The van der Waals surface area contributed by atoms with Gasteiger partial charge in [-0.15, -0.1) is 11.3 Å². The Morgan fingerprint density at radius 2 is 1.85 bits per heavy atom. The molecule has 6 nitrogen and oxygen atoms in total. The lowest BCUT2D eigenvalue weighted by atomic mass is 10.1. The van der Waals surface area contributed by atoms with Gasteiger partial charge in [0.05, 0.1) is 18.4 Å². The molecule has 0 radical (unpaired) electrons. The number of methoxy groups -OCH3 is 1. The van der Waals surface area contributed by atoms with Gasteiger partial charge >= 0.3 is 11.9 Å². The van der Waals surface area contributed by atoms with Gasteiger partial charge in [-0.2, -0.15) is 0 Å². The van der Waals surface area contributed by atoms with Gasteiger partial charge in [0.2, 0.25) is 0 Å². The minimum atomic E-state index is -0.486. The molecule has 0 fully saturated rings. The third kappa shape index (κ3) is 3.39. The van der Waals surface area contributed by atoms with Gasteiger partial charge in [0.15, 0.2) is 0 Å². The monoisotopic (exact) mass is 370 g/mol. The second-order valence-electron chi connectivity index (χ2n) is 5.87. The van der Waals surface area contributed by atoms with E-state index in [0.717, 1.165) is 27.0 Å². The molecule has 3 aromatic rings. The number of benzene rings is 1. The number of rotatable bonds is 4. The molecule has 0 unspecified atom stereocenters. The Bertz CT molecular complexity index is 993. The van der Waals surface area contributed by atoms with Gasteiger partial charge in [0, 0.05) is 11.1 Å². The zero-order valence-corrected chi connectivity index (χ0v) is 15.5. The number of pyridine rings is 1. The molecule has 0 saturated carbocycles. The summed E-state index contributed by atoms with van der Waals surface area (Å²) < 4.78 is 10.0. The minimum Gasteiger partial charge on any atom is -0.465 e. The number of fused-ring (bicyclic) bond motifs is 1. The number of anilines is 1. The molecule has 2 aromatic heterocycles. The number of nitrogen functional groups attached to an aromatic ring is 1. The van der Waals surface area contributed by atoms with Crippen molar-refractivity contribution >= 4 is 39.2 Å². The molecule has 0 saturated heterocycles. The number of esters is 2. The summed E-state index contributed by atoms with van der Waals surface area (Å²) >= 11 is 1.23. The van der Waals surface area contributed by atoms with Crippen LogP contribution in [0.25, 0.3) is 10.2 Å². The Balaban J connectivity index is 1.76. The number of nitrogens with two attached hydrogens (primary N) is 1. The Hall–Kier alpha value is -2.93. The minimum absolute atomic E-state index is 0.0827. The molecule has 2 N–H and O–H groups in total. The number of carbonyl (C=O) groups is 2. The summed E-state index contributed by atoms with van der Waals surface area (Å²) in [7, 11) is 1.32. The third-order valence-electron chi connectivity index (χ3n) is 3.95. The second kappa shape index (κ2) is 7.13. The van der Waals surface area contributed by atoms with Crippen molar-refractivity contribution in [1.29, 1.82) is 0 Å². The van der Waals surface area contributed by atoms with Crippen LogP contribution in [0.2, 0.25) is 0 Å². The third-order valence-corrected chi connectivity index (χ3v) is 5.03. The zero-order chi connectivity index (χ0) is 18.8. The first-order valence-electron chi connectivity index (χ1n) is 7.91. The van der Waals surface area contributed by atoms with Crippen LogP contribution in [0.3, 0.4) is 0 Å². The van der Waals surface area contributed by atoms with Crippen molar-refractivity contribution < 1.29 is 19.1 Å². The predicted molar refractivity (Wildman–Crippen MR) is 100 cm³/mol. The van der Waals surface area contributed by atoms with E-state index in [1.165, 1.54) is 18.4 Å². The fourth-order valence-electron chi connectivity index (χ4n) is 2.69. The number of hydrogen-bond acceptors (Lipinski definition) is 7. The summed E-state index contributed by atoms with van der Waals surface area (Å²) in [5.74, 6) is -0.899. The first-order valence-corrected chi connectivity index (χ1v) is 8.73. The van der Waals surface area contributed by atoms with E-state index < -0.39 is 11.9 Å². The number of hydrogen-bond donors (Lipinski definition) is 1. The summed E-state index contributed by atoms with van der Waals surface area (Å²) in [4.78, 5) is 29.4. The second-order valence-corrected chi connectivity index (χ2v) is 6.87. The normalized spacial score (nSPS) is 10.7. The van der Waals surface area contributed by atoms with Crippen molar-refractivity contribution in [2.24, 2.45) is 0 Å². The molecular formula is C19H18N2O4S. The number of thiophene rings is 1. The van der Waals surface area contributed by atoms with Crippen molar-refractivity contribution in [3.05, 3.63) is 57.6 Å². The number of aryl methyl sites for hydroxylation is 2. The van der Waals surface area contributed by atoms with E-state index in [1.807, 2.05) is 19.9 Å². The van der Waals surface area contributed by atoms with E-state index in [0.29, 0.717) is 16.1 Å². The average Bonchev–Trinajstić information content (AvgIpc) is 2.96. The predicted octanol–water partition coefficient (Wildman–Crippen LogP) is 3.64. The van der Waals surface area contributed by atoms with Crippen LogP contribution >= 0.6 is 11.3 Å². The number of ether oxygens (including phenoxy) is 2. The zero-order valence-electron chi connectivity index (χ0n) is 14.7. The topological polar surface area (TPSA) is 91.5 Å². The molecule has 0 amide bonds. The summed E-state index contributed by atoms with van der Waals surface area (Å²) in [5, 5.41) is 0.801. The molecule has 0 spiro atoms. The Morgan fingerprint density at radius 3 is 2.50 bits per heavy atom. The molecule has 7 heteroatoms.